The summed E-state index contributed by atoms with van der Waals surface area (Å²) >= 11 is 0. The first kappa shape index (κ1) is 40.4. The van der Waals surface area contributed by atoms with Crippen molar-refractivity contribution < 1.29 is 0 Å². The second-order valence-electron chi connectivity index (χ2n) is 19.0. The number of fused-ring (bicyclic) bond motifs is 5. The molecular formula is C59H54N2Si2. The van der Waals surface area contributed by atoms with E-state index in [1.54, 1.807) is 0 Å². The smallest absolute Gasteiger partial charge is 0.0579 e. The van der Waals surface area contributed by atoms with Gasteiger partial charge in [-0.1, -0.05) is 191 Å². The summed E-state index contributed by atoms with van der Waals surface area (Å²) < 4.78 is -0.123. The quantitative estimate of drug-likeness (QED) is 0.127. The van der Waals surface area contributed by atoms with Crippen LogP contribution in [0, 0.1) is 0 Å². The molecule has 9 aromatic carbocycles. The van der Waals surface area contributed by atoms with Gasteiger partial charge in [-0.2, -0.15) is 0 Å². The highest BCUT2D eigenvalue weighted by atomic mass is 28.4. The Kier molecular flexibility index (Phi) is 10.2. The minimum atomic E-state index is -2.11. The molecule has 0 aliphatic heterocycles. The lowest BCUT2D eigenvalue weighted by molar-refractivity contribution is 0.952. The molecule has 308 valence electrons. The maximum atomic E-state index is 2.63. The fourth-order valence-corrected chi connectivity index (χ4v) is 24.2. The molecule has 0 amide bonds. The molecule has 1 aliphatic rings. The summed E-state index contributed by atoms with van der Waals surface area (Å²) in [6.07, 6.45) is 0. The van der Waals surface area contributed by atoms with Crippen molar-refractivity contribution in [3.63, 3.8) is 0 Å². The first-order valence-corrected chi connectivity index (χ1v) is 29.3. The van der Waals surface area contributed by atoms with Gasteiger partial charge in [-0.15, -0.1) is 0 Å². The number of anilines is 6. The van der Waals surface area contributed by atoms with Crippen LogP contribution in [-0.4, -0.2) is 16.1 Å². The summed E-state index contributed by atoms with van der Waals surface area (Å²) in [5.41, 5.74) is 17.6. The van der Waals surface area contributed by atoms with Gasteiger partial charge in [0.15, 0.2) is 0 Å². The van der Waals surface area contributed by atoms with Crippen molar-refractivity contribution in [2.75, 3.05) is 9.80 Å². The van der Waals surface area contributed by atoms with Crippen LogP contribution >= 0.6 is 0 Å². The van der Waals surface area contributed by atoms with E-state index < -0.39 is 16.1 Å². The van der Waals surface area contributed by atoms with Gasteiger partial charge in [-0.3, -0.25) is 0 Å². The fraction of sp³-hybridized carbons (Fsp3) is 0.119. The monoisotopic (exact) mass is 846 g/mol. The van der Waals surface area contributed by atoms with E-state index in [0.29, 0.717) is 0 Å². The van der Waals surface area contributed by atoms with Crippen LogP contribution in [0.15, 0.2) is 218 Å². The number of hydrogen-bond donors (Lipinski definition) is 0. The number of rotatable bonds is 10. The van der Waals surface area contributed by atoms with E-state index >= 15 is 0 Å². The molecule has 0 radical (unpaired) electrons. The lowest BCUT2D eigenvalue weighted by Gasteiger charge is -2.51. The van der Waals surface area contributed by atoms with E-state index in [0.717, 1.165) is 22.7 Å². The minimum absolute atomic E-state index is 0.123. The topological polar surface area (TPSA) is 6.48 Å². The average Bonchev–Trinajstić information content (AvgIpc) is 3.62. The van der Waals surface area contributed by atoms with E-state index in [1.807, 2.05) is 0 Å². The summed E-state index contributed by atoms with van der Waals surface area (Å²) in [6, 6.07) is 80.7. The SMILES string of the molecule is C[Si](C)(C)C1([Si](C)(C)C)c2cc(N(c3ccccc3)c3cccc(-c4ccccc4)c3)ccc2-c2c1cc(N(c1ccccc1)c1cccc(-c3ccccc3)c1)c1ccccc21. The lowest BCUT2D eigenvalue weighted by atomic mass is 9.95. The van der Waals surface area contributed by atoms with Crippen LogP contribution in [0.3, 0.4) is 0 Å². The maximum Gasteiger partial charge on any atom is 0.0579 e. The molecule has 10 rings (SSSR count). The molecule has 0 bridgehead atoms. The summed E-state index contributed by atoms with van der Waals surface area (Å²) in [7, 11) is -4.23. The standard InChI is InChI=1S/C59H54N2Si2/c1-62(2,3)59(63(4,5)6)55-41-51(60(47-29-15-9-16-30-47)49-33-21-27-45(39-49)43-23-11-7-12-24-43)37-38-54(55)58-53-36-20-19-35-52(53)57(42-56(58)59)61(48-31-17-10-18-32-48)50-34-22-28-46(40-50)44-25-13-8-14-26-44/h7-42H,1-6H3. The highest BCUT2D eigenvalue weighted by Gasteiger charge is 2.59. The molecular weight excluding hydrogens is 793 g/mol. The Morgan fingerprint density at radius 1 is 0.317 bits per heavy atom. The Morgan fingerprint density at radius 3 is 1.25 bits per heavy atom. The van der Waals surface area contributed by atoms with Crippen LogP contribution in [0.1, 0.15) is 11.1 Å². The fourth-order valence-electron chi connectivity index (χ4n) is 11.2. The number of hydrogen-bond acceptors (Lipinski definition) is 2. The van der Waals surface area contributed by atoms with Gasteiger partial charge < -0.3 is 9.80 Å². The number of nitrogens with zero attached hydrogens (tertiary/aromatic N) is 2. The van der Waals surface area contributed by atoms with Gasteiger partial charge in [0.1, 0.15) is 0 Å². The molecule has 0 unspecified atom stereocenters. The van der Waals surface area contributed by atoms with E-state index in [4.69, 9.17) is 0 Å². The molecule has 1 aliphatic carbocycles. The molecule has 0 saturated carbocycles. The third kappa shape index (κ3) is 6.86. The van der Waals surface area contributed by atoms with Gasteiger partial charge in [0.2, 0.25) is 0 Å². The second-order valence-corrected chi connectivity index (χ2v) is 30.0. The van der Waals surface area contributed by atoms with E-state index in [1.165, 1.54) is 66.7 Å². The van der Waals surface area contributed by atoms with Crippen LogP contribution in [-0.2, 0) is 4.66 Å². The summed E-state index contributed by atoms with van der Waals surface area (Å²) in [5.74, 6) is 0. The lowest BCUT2D eigenvalue weighted by Crippen LogP contribution is -2.63. The van der Waals surface area contributed by atoms with Crippen LogP contribution in [0.4, 0.5) is 34.1 Å². The van der Waals surface area contributed by atoms with Crippen molar-refractivity contribution in [3.8, 4) is 33.4 Å². The Hall–Kier alpha value is -6.73. The molecule has 9 aromatic rings. The summed E-state index contributed by atoms with van der Waals surface area (Å²) in [5, 5.41) is 2.57. The Morgan fingerprint density at radius 2 is 0.730 bits per heavy atom. The van der Waals surface area contributed by atoms with Gasteiger partial charge in [-0.05, 0) is 117 Å². The zero-order valence-corrected chi connectivity index (χ0v) is 39.2. The Bertz CT molecular complexity index is 3060. The third-order valence-electron chi connectivity index (χ3n) is 13.3. The molecule has 0 spiro atoms. The van der Waals surface area contributed by atoms with Crippen LogP contribution in [0.2, 0.25) is 39.3 Å². The van der Waals surface area contributed by atoms with Gasteiger partial charge in [-0.25, -0.2) is 0 Å². The first-order chi connectivity index (χ1) is 30.5. The van der Waals surface area contributed by atoms with Crippen LogP contribution in [0.5, 0.6) is 0 Å². The largest absolute Gasteiger partial charge is 0.310 e. The van der Waals surface area contributed by atoms with E-state index in [2.05, 4.69) is 267 Å². The van der Waals surface area contributed by atoms with Gasteiger partial charge in [0.05, 0.1) is 21.8 Å². The first-order valence-electron chi connectivity index (χ1n) is 22.3. The summed E-state index contributed by atoms with van der Waals surface area (Å²) in [4.78, 5) is 4.98. The molecule has 0 atom stereocenters. The molecule has 0 N–H and O–H groups in total. The number of benzene rings is 9. The van der Waals surface area contributed by atoms with Gasteiger partial charge >= 0.3 is 0 Å². The second kappa shape index (κ2) is 15.9. The third-order valence-corrected chi connectivity index (χ3v) is 23.4. The van der Waals surface area contributed by atoms with Crippen molar-refractivity contribution in [2.45, 2.75) is 43.9 Å². The predicted molar refractivity (Wildman–Crippen MR) is 277 cm³/mol. The van der Waals surface area contributed by atoms with Crippen LogP contribution < -0.4 is 9.80 Å². The minimum Gasteiger partial charge on any atom is -0.310 e. The number of para-hydroxylation sites is 2. The molecule has 0 heterocycles. The average molecular weight is 847 g/mol. The van der Waals surface area contributed by atoms with Crippen molar-refractivity contribution in [1.29, 1.82) is 0 Å². The zero-order chi connectivity index (χ0) is 43.3. The normalized spacial score (nSPS) is 13.0. The predicted octanol–water partition coefficient (Wildman–Crippen LogP) is 17.1. The highest BCUT2D eigenvalue weighted by molar-refractivity contribution is 6.99. The molecule has 0 saturated heterocycles. The molecule has 0 fully saturated rings. The van der Waals surface area contributed by atoms with Gasteiger partial charge in [0.25, 0.3) is 0 Å². The molecule has 4 heteroatoms. The van der Waals surface area contributed by atoms with Crippen molar-refractivity contribution in [1.82, 2.24) is 0 Å². The summed E-state index contributed by atoms with van der Waals surface area (Å²) in [6.45, 7) is 15.8. The maximum absolute atomic E-state index is 2.63. The highest BCUT2D eigenvalue weighted by Crippen LogP contribution is 2.62. The van der Waals surface area contributed by atoms with Crippen molar-refractivity contribution >= 4 is 61.0 Å². The molecule has 2 nitrogen and oxygen atoms in total. The Balaban J connectivity index is 1.24. The molecule has 0 aromatic heterocycles. The van der Waals surface area contributed by atoms with Crippen LogP contribution in [0.25, 0.3) is 44.2 Å². The molecule has 63 heavy (non-hydrogen) atoms. The zero-order valence-electron chi connectivity index (χ0n) is 37.2. The van der Waals surface area contributed by atoms with Crippen molar-refractivity contribution in [2.24, 2.45) is 0 Å². The van der Waals surface area contributed by atoms with Gasteiger partial charge in [0, 0.05) is 38.5 Å². The van der Waals surface area contributed by atoms with Crippen molar-refractivity contribution in [3.05, 3.63) is 230 Å². The van der Waals surface area contributed by atoms with E-state index in [9.17, 15) is 0 Å². The van der Waals surface area contributed by atoms with E-state index in [-0.39, 0.29) is 4.66 Å². The Labute approximate surface area is 375 Å².